The lowest BCUT2D eigenvalue weighted by Gasteiger charge is -2.32. The quantitative estimate of drug-likeness (QED) is 0.664. The van der Waals surface area contributed by atoms with E-state index in [1.165, 1.54) is 31.0 Å². The van der Waals surface area contributed by atoms with Crippen molar-refractivity contribution in [2.75, 3.05) is 31.6 Å². The number of hydrogen-bond donors (Lipinski definition) is 1. The van der Waals surface area contributed by atoms with Gasteiger partial charge in [0.2, 0.25) is 0 Å². The maximum atomic E-state index is 13.4. The first-order chi connectivity index (χ1) is 14.3. The smallest absolute Gasteiger partial charge is 0.270 e. The highest BCUT2D eigenvalue weighted by atomic mass is 32.2. The van der Waals surface area contributed by atoms with Gasteiger partial charge in [0.15, 0.2) is 16.4 Å². The van der Waals surface area contributed by atoms with Gasteiger partial charge >= 0.3 is 0 Å². The molecule has 8 heteroatoms. The van der Waals surface area contributed by atoms with Gasteiger partial charge in [0.05, 0.1) is 26.5 Å². The Labute approximate surface area is 178 Å². The van der Waals surface area contributed by atoms with E-state index in [2.05, 4.69) is 11.9 Å². The highest BCUT2D eigenvalue weighted by Crippen LogP contribution is 2.44. The minimum Gasteiger partial charge on any atom is -0.493 e. The Balaban J connectivity index is 2.04. The number of carbonyl (C=O) groups is 1. The molecule has 1 amide bonds. The van der Waals surface area contributed by atoms with E-state index in [1.54, 1.807) is 19.1 Å². The second-order valence-electron chi connectivity index (χ2n) is 7.72. The lowest BCUT2D eigenvalue weighted by molar-refractivity contribution is -0.117. The first-order valence-electron chi connectivity index (χ1n) is 10.2. The molecular formula is C22H30N2O5S. The van der Waals surface area contributed by atoms with Gasteiger partial charge in [-0.3, -0.25) is 9.10 Å². The van der Waals surface area contributed by atoms with Crippen LogP contribution in [0.5, 0.6) is 11.5 Å². The predicted octanol–water partition coefficient (Wildman–Crippen LogP) is 3.47. The third-order valence-electron chi connectivity index (χ3n) is 5.84. The largest absolute Gasteiger partial charge is 0.493 e. The van der Waals surface area contributed by atoms with Crippen molar-refractivity contribution < 1.29 is 22.7 Å². The Morgan fingerprint density at radius 1 is 1.20 bits per heavy atom. The summed E-state index contributed by atoms with van der Waals surface area (Å²) in [7, 11) is -1.04. The molecule has 1 aromatic rings. The highest BCUT2D eigenvalue weighted by Gasteiger charge is 2.40. The molecular weight excluding hydrogens is 404 g/mol. The van der Waals surface area contributed by atoms with Crippen LogP contribution in [0.15, 0.2) is 29.7 Å². The lowest BCUT2D eigenvalue weighted by atomic mass is 9.89. The van der Waals surface area contributed by atoms with Gasteiger partial charge in [0, 0.05) is 18.2 Å². The van der Waals surface area contributed by atoms with Gasteiger partial charge in [-0.1, -0.05) is 25.3 Å². The Morgan fingerprint density at radius 3 is 2.43 bits per heavy atom. The van der Waals surface area contributed by atoms with Crippen molar-refractivity contribution in [3.63, 3.8) is 0 Å². The number of sulfonamides is 1. The van der Waals surface area contributed by atoms with Crippen LogP contribution in [0.3, 0.4) is 0 Å². The van der Waals surface area contributed by atoms with E-state index in [9.17, 15) is 13.2 Å². The van der Waals surface area contributed by atoms with Crippen LogP contribution in [0.2, 0.25) is 0 Å². The molecule has 1 heterocycles. The van der Waals surface area contributed by atoms with Crippen molar-refractivity contribution >= 4 is 27.2 Å². The van der Waals surface area contributed by atoms with E-state index in [4.69, 9.17) is 9.47 Å². The highest BCUT2D eigenvalue weighted by molar-refractivity contribution is 7.97. The number of benzene rings is 1. The van der Waals surface area contributed by atoms with E-state index in [-0.39, 0.29) is 11.4 Å². The predicted molar refractivity (Wildman–Crippen MR) is 118 cm³/mol. The number of fused-ring (bicyclic) bond motifs is 1. The van der Waals surface area contributed by atoms with Crippen LogP contribution in [-0.2, 0) is 14.8 Å². The first-order valence-corrected chi connectivity index (χ1v) is 11.7. The standard InChI is InChI=1S/C22H30N2O5S/c1-5-11-24-18-13-20(29-4)19(28-3)12-17(18)15(2)21(30(24,26)27)22(25)23-14-16-9-7-6-8-10-16/h5,12-13,16H,1,6-11,14H2,2-4H3,(H,23,25). The average Bonchev–Trinajstić information content (AvgIpc) is 2.74. The molecule has 0 radical (unpaired) electrons. The normalized spacial score (nSPS) is 18.6. The van der Waals surface area contributed by atoms with E-state index in [1.807, 2.05) is 0 Å². The summed E-state index contributed by atoms with van der Waals surface area (Å²) < 4.78 is 38.7. The first kappa shape index (κ1) is 22.2. The monoisotopic (exact) mass is 434 g/mol. The molecule has 1 aromatic carbocycles. The van der Waals surface area contributed by atoms with E-state index < -0.39 is 15.9 Å². The lowest BCUT2D eigenvalue weighted by Crippen LogP contribution is -2.42. The van der Waals surface area contributed by atoms with E-state index >= 15 is 0 Å². The fraction of sp³-hybridized carbons (Fsp3) is 0.500. The molecule has 0 spiro atoms. The molecule has 0 aromatic heterocycles. The van der Waals surface area contributed by atoms with Crippen molar-refractivity contribution in [3.05, 3.63) is 35.3 Å². The third kappa shape index (κ3) is 4.05. The van der Waals surface area contributed by atoms with Crippen LogP contribution in [0.25, 0.3) is 5.57 Å². The summed E-state index contributed by atoms with van der Waals surface area (Å²) in [4.78, 5) is 12.8. The van der Waals surface area contributed by atoms with E-state index in [0.717, 1.165) is 25.7 Å². The van der Waals surface area contributed by atoms with Gasteiger partial charge in [0.1, 0.15) is 0 Å². The van der Waals surface area contributed by atoms with Crippen LogP contribution >= 0.6 is 0 Å². The molecule has 164 valence electrons. The third-order valence-corrected chi connectivity index (χ3v) is 7.77. The van der Waals surface area contributed by atoms with Crippen molar-refractivity contribution in [3.8, 4) is 11.5 Å². The Morgan fingerprint density at radius 2 is 1.83 bits per heavy atom. The molecule has 1 aliphatic carbocycles. The summed E-state index contributed by atoms with van der Waals surface area (Å²) in [5.41, 5.74) is 1.45. The maximum Gasteiger partial charge on any atom is 0.270 e. The number of amides is 1. The second-order valence-corrected chi connectivity index (χ2v) is 9.52. The summed E-state index contributed by atoms with van der Waals surface area (Å²) in [6, 6.07) is 3.33. The second kappa shape index (κ2) is 9.12. The SMILES string of the molecule is C=CCN1c2cc(OC)c(OC)cc2C(C)=C(C(=O)NCC2CCCCC2)S1(=O)=O. The minimum absolute atomic E-state index is 0.0392. The molecule has 0 unspecified atom stereocenters. The molecule has 3 rings (SSSR count). The number of hydrogen-bond acceptors (Lipinski definition) is 5. The topological polar surface area (TPSA) is 84.9 Å². The minimum atomic E-state index is -4.05. The van der Waals surface area contributed by atoms with Crippen LogP contribution in [0.4, 0.5) is 5.69 Å². The summed E-state index contributed by atoms with van der Waals surface area (Å²) in [5, 5.41) is 2.87. The molecule has 1 saturated carbocycles. The average molecular weight is 435 g/mol. The molecule has 0 atom stereocenters. The number of methoxy groups -OCH3 is 2. The van der Waals surface area contributed by atoms with Gasteiger partial charge in [-0.2, -0.15) is 0 Å². The van der Waals surface area contributed by atoms with Gasteiger partial charge in [-0.15, -0.1) is 6.58 Å². The molecule has 30 heavy (non-hydrogen) atoms. The molecule has 1 aliphatic heterocycles. The maximum absolute atomic E-state index is 13.4. The summed E-state index contributed by atoms with van der Waals surface area (Å²) in [6.45, 7) is 5.86. The number of anilines is 1. The molecule has 7 nitrogen and oxygen atoms in total. The number of carbonyl (C=O) groups excluding carboxylic acids is 1. The summed E-state index contributed by atoms with van der Waals surface area (Å²) in [5.74, 6) is 0.720. The van der Waals surface area contributed by atoms with E-state index in [0.29, 0.717) is 40.8 Å². The number of ether oxygens (including phenoxy) is 2. The zero-order chi connectivity index (χ0) is 21.9. The molecule has 2 aliphatic rings. The fourth-order valence-electron chi connectivity index (χ4n) is 4.24. The van der Waals surface area contributed by atoms with Crippen LogP contribution in [0.1, 0.15) is 44.6 Å². The number of rotatable bonds is 7. The zero-order valence-electron chi connectivity index (χ0n) is 17.9. The van der Waals surface area contributed by atoms with Crippen molar-refractivity contribution in [2.45, 2.75) is 39.0 Å². The van der Waals surface area contributed by atoms with Crippen LogP contribution < -0.4 is 19.1 Å². The van der Waals surface area contributed by atoms with Gasteiger partial charge in [0.25, 0.3) is 15.9 Å². The van der Waals surface area contributed by atoms with Gasteiger partial charge in [-0.25, -0.2) is 8.42 Å². The van der Waals surface area contributed by atoms with Crippen LogP contribution in [0, 0.1) is 5.92 Å². The molecule has 0 saturated heterocycles. The number of nitrogens with zero attached hydrogens (tertiary/aromatic N) is 1. The number of allylic oxidation sites excluding steroid dienone is 1. The van der Waals surface area contributed by atoms with Crippen molar-refractivity contribution in [1.82, 2.24) is 5.32 Å². The Bertz CT molecular complexity index is 962. The Kier molecular flexibility index (Phi) is 6.75. The zero-order valence-corrected chi connectivity index (χ0v) is 18.7. The fourth-order valence-corrected chi connectivity index (χ4v) is 5.98. The molecule has 1 N–H and O–H groups in total. The molecule has 0 bridgehead atoms. The number of nitrogens with one attached hydrogen (secondary N) is 1. The summed E-state index contributed by atoms with van der Waals surface area (Å²) in [6.07, 6.45) is 7.16. The van der Waals surface area contributed by atoms with Gasteiger partial charge in [-0.05, 0) is 37.3 Å². The van der Waals surface area contributed by atoms with Crippen molar-refractivity contribution in [1.29, 1.82) is 0 Å². The van der Waals surface area contributed by atoms with Crippen LogP contribution in [-0.4, -0.2) is 41.6 Å². The van der Waals surface area contributed by atoms with Gasteiger partial charge < -0.3 is 14.8 Å². The summed E-state index contributed by atoms with van der Waals surface area (Å²) >= 11 is 0. The molecule has 1 fully saturated rings. The Hall–Kier alpha value is -2.48. The van der Waals surface area contributed by atoms with Crippen molar-refractivity contribution in [2.24, 2.45) is 5.92 Å².